The van der Waals surface area contributed by atoms with Crippen LogP contribution in [0.5, 0.6) is 0 Å². The van der Waals surface area contributed by atoms with Crippen LogP contribution in [0.15, 0.2) is 93.3 Å². The molecule has 0 spiro atoms. The van der Waals surface area contributed by atoms with Crippen LogP contribution in [0.2, 0.25) is 0 Å². The van der Waals surface area contributed by atoms with Crippen molar-refractivity contribution >= 4 is 50.1 Å². The van der Waals surface area contributed by atoms with Crippen LogP contribution >= 0.6 is 27.7 Å². The molecule has 0 aromatic heterocycles. The molecule has 0 amide bonds. The van der Waals surface area contributed by atoms with Crippen molar-refractivity contribution in [3.8, 4) is 0 Å². The fourth-order valence-electron chi connectivity index (χ4n) is 2.59. The van der Waals surface area contributed by atoms with Gasteiger partial charge in [0.1, 0.15) is 0 Å². The third-order valence-corrected chi connectivity index (χ3v) is 5.37. The Hall–Kier alpha value is -2.37. The average molecular weight is 422 g/mol. The molecule has 3 aromatic carbocycles. The standard InChI is InChI=1S/C21H16BrN3S/c22-17-10-12-18(13-11-17)23-21-25-20(15-6-2-1-3-7-15)24-19-9-5-4-8-16(19)14-26-21/h1-13H,14H2,(H,23,24,25). The van der Waals surface area contributed by atoms with Gasteiger partial charge in [0.05, 0.1) is 5.69 Å². The van der Waals surface area contributed by atoms with Gasteiger partial charge in [-0.15, -0.1) is 0 Å². The Kier molecular flexibility index (Phi) is 5.18. The normalized spacial score (nSPS) is 13.7. The van der Waals surface area contributed by atoms with Gasteiger partial charge in [0, 0.05) is 21.5 Å². The Labute approximate surface area is 165 Å². The van der Waals surface area contributed by atoms with Crippen molar-refractivity contribution in [2.75, 3.05) is 5.32 Å². The number of nitrogens with one attached hydrogen (secondary N) is 1. The molecule has 26 heavy (non-hydrogen) atoms. The predicted molar refractivity (Wildman–Crippen MR) is 116 cm³/mol. The van der Waals surface area contributed by atoms with Gasteiger partial charge >= 0.3 is 0 Å². The van der Waals surface area contributed by atoms with E-state index in [1.165, 1.54) is 5.56 Å². The lowest BCUT2D eigenvalue weighted by atomic mass is 10.2. The highest BCUT2D eigenvalue weighted by molar-refractivity contribution is 9.10. The summed E-state index contributed by atoms with van der Waals surface area (Å²) < 4.78 is 1.05. The van der Waals surface area contributed by atoms with E-state index in [9.17, 15) is 0 Å². The second-order valence-corrected chi connectivity index (χ2v) is 7.65. The summed E-state index contributed by atoms with van der Waals surface area (Å²) in [7, 11) is 0. The lowest BCUT2D eigenvalue weighted by Gasteiger charge is -2.15. The van der Waals surface area contributed by atoms with Crippen LogP contribution in [-0.4, -0.2) is 11.0 Å². The Bertz CT molecular complexity index is 966. The molecule has 0 fully saturated rings. The predicted octanol–water partition coefficient (Wildman–Crippen LogP) is 6.24. The number of aliphatic imine (C=N–C) groups is 2. The molecule has 0 unspecified atom stereocenters. The molecule has 1 heterocycles. The Morgan fingerprint density at radius 3 is 2.35 bits per heavy atom. The van der Waals surface area contributed by atoms with Gasteiger partial charge in [-0.05, 0) is 35.9 Å². The smallest absolute Gasteiger partial charge is 0.168 e. The van der Waals surface area contributed by atoms with E-state index in [0.29, 0.717) is 5.84 Å². The number of nitrogens with zero attached hydrogens (tertiary/aromatic N) is 2. The summed E-state index contributed by atoms with van der Waals surface area (Å²) in [6.07, 6.45) is 0. The zero-order valence-corrected chi connectivity index (χ0v) is 16.3. The van der Waals surface area contributed by atoms with Crippen LogP contribution in [0.25, 0.3) is 0 Å². The van der Waals surface area contributed by atoms with E-state index in [-0.39, 0.29) is 0 Å². The van der Waals surface area contributed by atoms with Crippen LogP contribution in [0, 0.1) is 0 Å². The van der Waals surface area contributed by atoms with Crippen molar-refractivity contribution in [1.29, 1.82) is 0 Å². The molecule has 1 N–H and O–H groups in total. The van der Waals surface area contributed by atoms with E-state index in [1.54, 1.807) is 11.8 Å². The van der Waals surface area contributed by atoms with Crippen molar-refractivity contribution in [2.24, 2.45) is 9.98 Å². The number of thioether (sulfide) groups is 1. The molecule has 0 atom stereocenters. The molecule has 0 saturated heterocycles. The van der Waals surface area contributed by atoms with Gasteiger partial charge < -0.3 is 5.32 Å². The van der Waals surface area contributed by atoms with E-state index in [0.717, 1.165) is 32.3 Å². The number of hydrogen-bond acceptors (Lipinski definition) is 4. The quantitative estimate of drug-likeness (QED) is 0.531. The van der Waals surface area contributed by atoms with Gasteiger partial charge in [0.25, 0.3) is 0 Å². The second kappa shape index (κ2) is 7.89. The molecule has 1 aliphatic heterocycles. The Morgan fingerprint density at radius 2 is 1.54 bits per heavy atom. The Balaban J connectivity index is 1.74. The maximum atomic E-state index is 4.84. The lowest BCUT2D eigenvalue weighted by Crippen LogP contribution is -2.13. The molecule has 0 saturated carbocycles. The van der Waals surface area contributed by atoms with Crippen molar-refractivity contribution in [3.05, 3.63) is 94.5 Å². The van der Waals surface area contributed by atoms with Crippen molar-refractivity contribution in [3.63, 3.8) is 0 Å². The van der Waals surface area contributed by atoms with E-state index in [2.05, 4.69) is 33.4 Å². The highest BCUT2D eigenvalue weighted by Gasteiger charge is 2.13. The lowest BCUT2D eigenvalue weighted by molar-refractivity contribution is 1.34. The number of anilines is 1. The maximum absolute atomic E-state index is 4.84. The minimum atomic E-state index is 0.713. The highest BCUT2D eigenvalue weighted by Crippen LogP contribution is 2.28. The van der Waals surface area contributed by atoms with Crippen LogP contribution in [0.4, 0.5) is 11.4 Å². The third-order valence-electron chi connectivity index (χ3n) is 3.92. The summed E-state index contributed by atoms with van der Waals surface area (Å²) >= 11 is 5.15. The van der Waals surface area contributed by atoms with Gasteiger partial charge in [-0.3, -0.25) is 0 Å². The molecule has 4 rings (SSSR count). The SMILES string of the molecule is Brc1ccc(NC2=NC(c3ccccc3)=Nc3ccccc3CS2)cc1. The molecule has 128 valence electrons. The molecule has 3 aromatic rings. The van der Waals surface area contributed by atoms with Gasteiger partial charge in [0.2, 0.25) is 0 Å². The first kappa shape index (κ1) is 17.1. The number of para-hydroxylation sites is 1. The number of halogens is 1. The first-order valence-electron chi connectivity index (χ1n) is 8.24. The minimum Gasteiger partial charge on any atom is -0.335 e. The molecule has 1 aliphatic rings. The van der Waals surface area contributed by atoms with E-state index in [1.807, 2.05) is 66.7 Å². The summed E-state index contributed by atoms with van der Waals surface area (Å²) in [5, 5.41) is 4.26. The summed E-state index contributed by atoms with van der Waals surface area (Å²) in [4.78, 5) is 9.67. The fourth-order valence-corrected chi connectivity index (χ4v) is 3.73. The molecule has 0 aliphatic carbocycles. The summed E-state index contributed by atoms with van der Waals surface area (Å²) in [6.45, 7) is 0. The molecule has 5 heteroatoms. The van der Waals surface area contributed by atoms with Crippen molar-refractivity contribution in [2.45, 2.75) is 5.75 Å². The topological polar surface area (TPSA) is 36.8 Å². The van der Waals surface area contributed by atoms with Crippen LogP contribution in [0.1, 0.15) is 11.1 Å². The van der Waals surface area contributed by atoms with E-state index >= 15 is 0 Å². The van der Waals surface area contributed by atoms with Gasteiger partial charge in [0.15, 0.2) is 11.0 Å². The second-order valence-electron chi connectivity index (χ2n) is 5.77. The molecular formula is C21H16BrN3S. The zero-order valence-electron chi connectivity index (χ0n) is 13.9. The van der Waals surface area contributed by atoms with Crippen molar-refractivity contribution in [1.82, 2.24) is 0 Å². The van der Waals surface area contributed by atoms with Gasteiger partial charge in [-0.25, -0.2) is 9.98 Å². The van der Waals surface area contributed by atoms with Gasteiger partial charge in [-0.2, -0.15) is 0 Å². The third kappa shape index (κ3) is 4.06. The summed E-state index contributed by atoms with van der Waals surface area (Å²) in [5.41, 5.74) is 4.18. The molecule has 0 radical (unpaired) electrons. The monoisotopic (exact) mass is 421 g/mol. The van der Waals surface area contributed by atoms with Crippen LogP contribution in [0.3, 0.4) is 0 Å². The molecule has 0 bridgehead atoms. The molecular weight excluding hydrogens is 406 g/mol. The van der Waals surface area contributed by atoms with E-state index in [4.69, 9.17) is 9.98 Å². The number of hydrogen-bond donors (Lipinski definition) is 1. The summed E-state index contributed by atoms with van der Waals surface area (Å²) in [6, 6.07) is 26.4. The van der Waals surface area contributed by atoms with Crippen LogP contribution in [-0.2, 0) is 5.75 Å². The van der Waals surface area contributed by atoms with Crippen LogP contribution < -0.4 is 5.32 Å². The maximum Gasteiger partial charge on any atom is 0.168 e. The van der Waals surface area contributed by atoms with Crippen molar-refractivity contribution < 1.29 is 0 Å². The number of amidine groups is 2. The first-order chi connectivity index (χ1) is 12.8. The summed E-state index contributed by atoms with van der Waals surface area (Å²) in [5.74, 6) is 1.54. The first-order valence-corrected chi connectivity index (χ1v) is 10.0. The zero-order chi connectivity index (χ0) is 17.8. The number of benzene rings is 3. The van der Waals surface area contributed by atoms with E-state index < -0.39 is 0 Å². The highest BCUT2D eigenvalue weighted by atomic mass is 79.9. The number of rotatable bonds is 2. The van der Waals surface area contributed by atoms with Gasteiger partial charge in [-0.1, -0.05) is 76.2 Å². The average Bonchev–Trinajstić information content (AvgIpc) is 2.67. The molecule has 3 nitrogen and oxygen atoms in total. The number of fused-ring (bicyclic) bond motifs is 1. The Morgan fingerprint density at radius 1 is 0.808 bits per heavy atom. The largest absolute Gasteiger partial charge is 0.335 e. The fraction of sp³-hybridized carbons (Fsp3) is 0.0476. The minimum absolute atomic E-state index is 0.713.